The van der Waals surface area contributed by atoms with Crippen molar-refractivity contribution in [3.8, 4) is 16.2 Å². The highest BCUT2D eigenvalue weighted by Gasteiger charge is 2.37. The number of ether oxygens (including phenoxy) is 1. The van der Waals surface area contributed by atoms with Crippen molar-refractivity contribution in [1.29, 1.82) is 0 Å². The van der Waals surface area contributed by atoms with Crippen LogP contribution in [0.15, 0.2) is 90.6 Å². The van der Waals surface area contributed by atoms with Crippen molar-refractivity contribution in [2.75, 3.05) is 39.3 Å². The molecule has 6 rings (SSSR count). The Hall–Kier alpha value is -4.34. The van der Waals surface area contributed by atoms with E-state index in [1.54, 1.807) is 46.8 Å². The number of para-hydroxylation sites is 1. The lowest BCUT2D eigenvalue weighted by Gasteiger charge is -2.41. The first-order valence-corrected chi connectivity index (χ1v) is 18.1. The zero-order valence-corrected chi connectivity index (χ0v) is 29.2. The molecule has 2 aromatic carbocycles. The second-order valence-electron chi connectivity index (χ2n) is 13.3. The Morgan fingerprint density at radius 1 is 1.02 bits per heavy atom. The van der Waals surface area contributed by atoms with Crippen LogP contribution >= 0.6 is 11.3 Å². The fourth-order valence-electron chi connectivity index (χ4n) is 6.85. The number of aliphatic hydroxyl groups is 2. The largest absolute Gasteiger partial charge is 0.490 e. The van der Waals surface area contributed by atoms with Crippen LogP contribution in [0.5, 0.6) is 5.75 Å². The number of hydrogen-bond donors (Lipinski definition) is 4. The molecule has 276 valence electrons. The molecule has 5 atom stereocenters. The molecule has 2 aliphatic heterocycles. The summed E-state index contributed by atoms with van der Waals surface area (Å²) in [5.41, 5.74) is 3.38. The lowest BCUT2D eigenvalue weighted by Crippen LogP contribution is -2.60. The third kappa shape index (κ3) is 9.95. The number of nitrogens with one attached hydrogen (secondary N) is 2. The minimum atomic E-state index is -4.58. The number of fused-ring (bicyclic) bond motifs is 1. The molecule has 0 aliphatic carbocycles. The molecule has 1 saturated heterocycles. The van der Waals surface area contributed by atoms with Crippen molar-refractivity contribution in [1.82, 2.24) is 25.4 Å². The standard InChI is InChI=1S/C38H42F3N5O5S/c39-38(40,41)24-43-37(50)31-22-45(20-26-16-28(19-42-18-26)34-11-6-14-52-34)12-13-46(31)21-29(47)17-27(15-25-7-2-1-3-8-25)36(49)44-35-30-9-4-5-10-33(30)51-23-32(35)48/h1-11,14,16,18-19,27,29,31-32,35,47-48H,12-13,15,17,20-24H2,(H,43,50)(H,44,49)/t27-,29+,31+,32-,35+/m1/s1. The van der Waals surface area contributed by atoms with Crippen molar-refractivity contribution in [2.45, 2.75) is 49.9 Å². The number of hydrogen-bond acceptors (Lipinski definition) is 9. The van der Waals surface area contributed by atoms with Gasteiger partial charge in [0.15, 0.2) is 0 Å². The zero-order chi connectivity index (χ0) is 36.7. The second-order valence-corrected chi connectivity index (χ2v) is 14.3. The maximum Gasteiger partial charge on any atom is 0.405 e. The highest BCUT2D eigenvalue weighted by molar-refractivity contribution is 7.13. The topological polar surface area (TPSA) is 127 Å². The van der Waals surface area contributed by atoms with E-state index in [0.29, 0.717) is 37.4 Å². The lowest BCUT2D eigenvalue weighted by atomic mass is 9.90. The smallest absolute Gasteiger partial charge is 0.405 e. The first-order chi connectivity index (χ1) is 25.0. The third-order valence-electron chi connectivity index (χ3n) is 9.39. The van der Waals surface area contributed by atoms with Gasteiger partial charge in [0, 0.05) is 67.0 Å². The van der Waals surface area contributed by atoms with Crippen LogP contribution < -0.4 is 15.4 Å². The number of nitrogens with zero attached hydrogens (tertiary/aromatic N) is 3. The van der Waals surface area contributed by atoms with Crippen LogP contribution in [0.25, 0.3) is 10.4 Å². The minimum absolute atomic E-state index is 0.00822. The van der Waals surface area contributed by atoms with Crippen LogP contribution in [-0.2, 0) is 22.6 Å². The molecule has 4 N–H and O–H groups in total. The summed E-state index contributed by atoms with van der Waals surface area (Å²) in [5.74, 6) is -1.31. The van der Waals surface area contributed by atoms with Crippen molar-refractivity contribution in [3.05, 3.63) is 107 Å². The molecule has 14 heteroatoms. The molecule has 1 fully saturated rings. The number of β-amino-alcohol motifs (C(OH)–C–C–N with tert-alkyl or cyclic N) is 1. The van der Waals surface area contributed by atoms with Gasteiger partial charge in [-0.3, -0.25) is 24.4 Å². The molecular weight excluding hydrogens is 696 g/mol. The Labute approximate surface area is 304 Å². The average molecular weight is 738 g/mol. The Bertz CT molecular complexity index is 1780. The van der Waals surface area contributed by atoms with E-state index in [4.69, 9.17) is 4.74 Å². The summed E-state index contributed by atoms with van der Waals surface area (Å²) in [6.45, 7) is -0.121. The Kier molecular flexibility index (Phi) is 12.2. The summed E-state index contributed by atoms with van der Waals surface area (Å²) in [6.07, 6.45) is -2.84. The number of pyridine rings is 1. The van der Waals surface area contributed by atoms with Gasteiger partial charge in [-0.1, -0.05) is 54.6 Å². The number of rotatable bonds is 13. The van der Waals surface area contributed by atoms with Gasteiger partial charge >= 0.3 is 6.18 Å². The highest BCUT2D eigenvalue weighted by Crippen LogP contribution is 2.33. The number of carbonyl (C=O) groups is 2. The normalized spacial score (nSPS) is 20.7. The van der Waals surface area contributed by atoms with Crippen molar-refractivity contribution < 1.29 is 37.7 Å². The van der Waals surface area contributed by atoms with Gasteiger partial charge in [0.05, 0.1) is 12.1 Å². The quantitative estimate of drug-likeness (QED) is 0.161. The molecule has 4 aromatic rings. The minimum Gasteiger partial charge on any atom is -0.490 e. The molecule has 52 heavy (non-hydrogen) atoms. The molecule has 10 nitrogen and oxygen atoms in total. The molecule has 2 amide bonds. The van der Waals surface area contributed by atoms with Gasteiger partial charge < -0.3 is 25.6 Å². The molecule has 0 saturated carbocycles. The summed E-state index contributed by atoms with van der Waals surface area (Å²) < 4.78 is 45.0. The average Bonchev–Trinajstić information content (AvgIpc) is 3.68. The van der Waals surface area contributed by atoms with Crippen LogP contribution in [0.3, 0.4) is 0 Å². The van der Waals surface area contributed by atoms with E-state index in [0.717, 1.165) is 21.6 Å². The molecule has 0 spiro atoms. The molecule has 4 heterocycles. The van der Waals surface area contributed by atoms with Gasteiger partial charge in [-0.05, 0) is 47.5 Å². The first kappa shape index (κ1) is 37.4. The highest BCUT2D eigenvalue weighted by atomic mass is 32.1. The number of aliphatic hydroxyl groups excluding tert-OH is 2. The Morgan fingerprint density at radius 2 is 1.81 bits per heavy atom. The first-order valence-electron chi connectivity index (χ1n) is 17.2. The maximum absolute atomic E-state index is 13.9. The third-order valence-corrected chi connectivity index (χ3v) is 10.3. The van der Waals surface area contributed by atoms with Crippen molar-refractivity contribution in [2.24, 2.45) is 5.92 Å². The Balaban J connectivity index is 1.15. The molecule has 0 unspecified atom stereocenters. The van der Waals surface area contributed by atoms with Crippen molar-refractivity contribution >= 4 is 23.2 Å². The summed E-state index contributed by atoms with van der Waals surface area (Å²) in [6, 6.07) is 20.8. The number of carbonyl (C=O) groups excluding carboxylic acids is 2. The number of alkyl halides is 3. The maximum atomic E-state index is 13.9. The SMILES string of the molecule is O=C(N[C@H]1c2ccccc2OC[C@H]1O)[C@H](Cc1ccccc1)C[C@H](O)CN1CCN(Cc2cncc(-c3cccs3)c2)C[C@H]1C(=O)NCC(F)(F)F. The summed E-state index contributed by atoms with van der Waals surface area (Å²) in [7, 11) is 0. The molecular formula is C38H42F3N5O5S. The van der Waals surface area contributed by atoms with E-state index in [9.17, 15) is 33.0 Å². The van der Waals surface area contributed by atoms with E-state index in [-0.39, 0.29) is 32.0 Å². The molecule has 0 radical (unpaired) electrons. The van der Waals surface area contributed by atoms with Crippen molar-refractivity contribution in [3.63, 3.8) is 0 Å². The van der Waals surface area contributed by atoms with E-state index in [1.165, 1.54) is 0 Å². The van der Waals surface area contributed by atoms with Crippen LogP contribution in [0, 0.1) is 5.92 Å². The van der Waals surface area contributed by atoms with E-state index >= 15 is 0 Å². The summed E-state index contributed by atoms with van der Waals surface area (Å²) in [4.78, 5) is 36.3. The monoisotopic (exact) mass is 737 g/mol. The summed E-state index contributed by atoms with van der Waals surface area (Å²) >= 11 is 1.59. The van der Waals surface area contributed by atoms with Gasteiger partial charge in [0.1, 0.15) is 31.0 Å². The van der Waals surface area contributed by atoms with E-state index < -0.39 is 48.8 Å². The zero-order valence-electron chi connectivity index (χ0n) is 28.4. The van der Waals surface area contributed by atoms with Gasteiger partial charge in [-0.25, -0.2) is 0 Å². The van der Waals surface area contributed by atoms with E-state index in [2.05, 4.69) is 10.3 Å². The van der Waals surface area contributed by atoms with E-state index in [1.807, 2.05) is 70.2 Å². The molecule has 2 aliphatic rings. The van der Waals surface area contributed by atoms with Crippen LogP contribution in [0.4, 0.5) is 13.2 Å². The van der Waals surface area contributed by atoms with Crippen LogP contribution in [0.1, 0.15) is 29.2 Å². The number of amides is 2. The van der Waals surface area contributed by atoms with Crippen LogP contribution in [-0.4, -0.2) is 101 Å². The molecule has 0 bridgehead atoms. The fourth-order valence-corrected chi connectivity index (χ4v) is 7.56. The fraction of sp³-hybridized carbons (Fsp3) is 0.395. The van der Waals surface area contributed by atoms with Gasteiger partial charge in [0.2, 0.25) is 11.8 Å². The number of piperazine rings is 1. The Morgan fingerprint density at radius 3 is 2.58 bits per heavy atom. The number of thiophene rings is 1. The predicted octanol–water partition coefficient (Wildman–Crippen LogP) is 4.20. The lowest BCUT2D eigenvalue weighted by molar-refractivity contribution is -0.143. The number of halogens is 3. The number of aromatic nitrogens is 1. The second kappa shape index (κ2) is 17.0. The molecule has 2 aromatic heterocycles. The van der Waals surface area contributed by atoms with Gasteiger partial charge in [0.25, 0.3) is 0 Å². The number of benzene rings is 2. The van der Waals surface area contributed by atoms with Gasteiger partial charge in [-0.2, -0.15) is 13.2 Å². The van der Waals surface area contributed by atoms with Crippen LogP contribution in [0.2, 0.25) is 0 Å². The summed E-state index contributed by atoms with van der Waals surface area (Å²) in [5, 5.41) is 29.2. The predicted molar refractivity (Wildman–Crippen MR) is 190 cm³/mol. The van der Waals surface area contributed by atoms with Gasteiger partial charge in [-0.15, -0.1) is 11.3 Å².